The second kappa shape index (κ2) is 15.1. The van der Waals surface area contributed by atoms with Crippen LogP contribution in [0.4, 0.5) is 20.2 Å². The highest BCUT2D eigenvalue weighted by Gasteiger charge is 2.39. The van der Waals surface area contributed by atoms with Gasteiger partial charge in [0.1, 0.15) is 11.6 Å². The Balaban J connectivity index is 1.24. The molecule has 5 rings (SSSR count). The number of aliphatic hydroxyl groups is 2. The van der Waals surface area contributed by atoms with Crippen molar-refractivity contribution >= 4 is 11.4 Å². The Bertz CT molecular complexity index is 1240. The third kappa shape index (κ3) is 7.83. The third-order valence-corrected chi connectivity index (χ3v) is 9.65. The monoisotopic (exact) mass is 608 g/mol. The summed E-state index contributed by atoms with van der Waals surface area (Å²) in [6.45, 7) is 5.52. The van der Waals surface area contributed by atoms with Crippen molar-refractivity contribution < 1.29 is 28.5 Å². The molecule has 238 valence electrons. The Morgan fingerprint density at radius 3 is 1.64 bits per heavy atom. The Kier molecular flexibility index (Phi) is 11.0. The smallest absolute Gasteiger partial charge is 0.161 e. The summed E-state index contributed by atoms with van der Waals surface area (Å²) in [4.78, 5) is 4.46. The number of hydrogen-bond donors (Lipinski definition) is 2. The molecule has 0 radical (unpaired) electrons. The average molecular weight is 609 g/mol. The van der Waals surface area contributed by atoms with Crippen molar-refractivity contribution in [1.82, 2.24) is 0 Å². The first-order valence-electron chi connectivity index (χ1n) is 16.0. The van der Waals surface area contributed by atoms with E-state index in [0.717, 1.165) is 75.2 Å². The zero-order chi connectivity index (χ0) is 31.1. The quantitative estimate of drug-likeness (QED) is 0.246. The van der Waals surface area contributed by atoms with E-state index in [1.807, 2.05) is 18.2 Å². The van der Waals surface area contributed by atoms with Gasteiger partial charge in [-0.05, 0) is 117 Å². The van der Waals surface area contributed by atoms with Gasteiger partial charge < -0.3 is 29.5 Å². The molecule has 2 N–H and O–H groups in total. The fourth-order valence-corrected chi connectivity index (χ4v) is 6.90. The molecule has 0 saturated carbocycles. The lowest BCUT2D eigenvalue weighted by atomic mass is 9.75. The summed E-state index contributed by atoms with van der Waals surface area (Å²) >= 11 is 0. The lowest BCUT2D eigenvalue weighted by Gasteiger charge is -2.42. The molecule has 0 bridgehead atoms. The zero-order valence-electron chi connectivity index (χ0n) is 25.9. The molecule has 0 aromatic heterocycles. The highest BCUT2D eigenvalue weighted by Crippen LogP contribution is 2.36. The van der Waals surface area contributed by atoms with Gasteiger partial charge >= 0.3 is 0 Å². The maximum atomic E-state index is 13.4. The summed E-state index contributed by atoms with van der Waals surface area (Å²) in [7, 11) is 1.63. The molecule has 3 aromatic rings. The van der Waals surface area contributed by atoms with E-state index in [2.05, 4.69) is 16.7 Å². The molecule has 2 saturated heterocycles. The lowest BCUT2D eigenvalue weighted by Crippen LogP contribution is -2.47. The van der Waals surface area contributed by atoms with Gasteiger partial charge in [0.15, 0.2) is 11.5 Å². The van der Waals surface area contributed by atoms with Crippen molar-refractivity contribution in [2.24, 2.45) is 17.8 Å². The van der Waals surface area contributed by atoms with Crippen LogP contribution in [-0.4, -0.2) is 62.3 Å². The molecular formula is C36H46F2N2O4. The minimum Gasteiger partial charge on any atom is -0.493 e. The molecule has 2 fully saturated rings. The molecule has 2 heterocycles. The van der Waals surface area contributed by atoms with Crippen LogP contribution in [0.1, 0.15) is 44.6 Å². The van der Waals surface area contributed by atoms with Crippen molar-refractivity contribution in [3.05, 3.63) is 83.9 Å². The molecule has 2 unspecified atom stereocenters. The van der Waals surface area contributed by atoms with Gasteiger partial charge in [0.25, 0.3) is 0 Å². The maximum Gasteiger partial charge on any atom is 0.161 e. The van der Waals surface area contributed by atoms with Crippen LogP contribution in [0.2, 0.25) is 0 Å². The number of nitrogens with zero attached hydrogens (tertiary/aromatic N) is 2. The normalized spacial score (nSPS) is 18.6. The average Bonchev–Trinajstić information content (AvgIpc) is 3.07. The van der Waals surface area contributed by atoms with Crippen LogP contribution in [0.25, 0.3) is 0 Å². The van der Waals surface area contributed by atoms with Gasteiger partial charge in [-0.1, -0.05) is 13.0 Å². The first-order chi connectivity index (χ1) is 21.4. The number of benzene rings is 3. The van der Waals surface area contributed by atoms with Crippen molar-refractivity contribution in [2.45, 2.75) is 57.7 Å². The summed E-state index contributed by atoms with van der Waals surface area (Å²) in [5, 5.41) is 23.6. The maximum absolute atomic E-state index is 13.4. The summed E-state index contributed by atoms with van der Waals surface area (Å²) in [5.41, 5.74) is 3.14. The summed E-state index contributed by atoms with van der Waals surface area (Å²) in [6, 6.07) is 19.1. The fourth-order valence-electron chi connectivity index (χ4n) is 6.90. The molecule has 0 amide bonds. The van der Waals surface area contributed by atoms with Crippen LogP contribution in [0.5, 0.6) is 11.5 Å². The number of aliphatic hydroxyl groups excluding tert-OH is 2. The minimum absolute atomic E-state index is 0.0454. The first-order valence-corrected chi connectivity index (χ1v) is 16.0. The van der Waals surface area contributed by atoms with Crippen LogP contribution in [-0.2, 0) is 6.42 Å². The molecule has 3 aromatic carbocycles. The Morgan fingerprint density at radius 2 is 1.20 bits per heavy atom. The van der Waals surface area contributed by atoms with E-state index in [4.69, 9.17) is 9.47 Å². The van der Waals surface area contributed by atoms with E-state index < -0.39 is 12.2 Å². The zero-order valence-corrected chi connectivity index (χ0v) is 25.9. The van der Waals surface area contributed by atoms with Crippen LogP contribution in [0.15, 0.2) is 66.7 Å². The van der Waals surface area contributed by atoms with E-state index >= 15 is 0 Å². The number of hydrogen-bond acceptors (Lipinski definition) is 6. The van der Waals surface area contributed by atoms with Crippen molar-refractivity contribution in [1.29, 1.82) is 0 Å². The van der Waals surface area contributed by atoms with Gasteiger partial charge in [-0.3, -0.25) is 0 Å². The standard InChI is InChI=1S/C36H46F2N2O4/c1-3-25-4-13-33(34(24-25)43-2)44-23-18-32(35(41)26-14-19-39(20-15-26)30-9-5-28(37)6-10-30)36(42)27-16-21-40(22-17-27)31-11-7-29(38)8-12-31/h4-13,24,26-27,32,35-36,41-42H,3,14-23H2,1-2H3. The number of anilines is 2. The molecule has 0 spiro atoms. The van der Waals surface area contributed by atoms with Crippen LogP contribution in [0, 0.1) is 29.4 Å². The van der Waals surface area contributed by atoms with Gasteiger partial charge in [-0.2, -0.15) is 0 Å². The number of rotatable bonds is 12. The van der Waals surface area contributed by atoms with Gasteiger partial charge in [0.05, 0.1) is 25.9 Å². The third-order valence-electron chi connectivity index (χ3n) is 9.65. The Morgan fingerprint density at radius 1 is 0.727 bits per heavy atom. The van der Waals surface area contributed by atoms with Crippen LogP contribution in [0.3, 0.4) is 0 Å². The molecule has 2 aliphatic rings. The van der Waals surface area contributed by atoms with Crippen molar-refractivity contribution in [3.8, 4) is 11.5 Å². The predicted octanol–water partition coefficient (Wildman–Crippen LogP) is 6.48. The number of halogens is 2. The van der Waals surface area contributed by atoms with E-state index in [9.17, 15) is 19.0 Å². The molecule has 2 atom stereocenters. The lowest BCUT2D eigenvalue weighted by molar-refractivity contribution is -0.0584. The highest BCUT2D eigenvalue weighted by atomic mass is 19.1. The minimum atomic E-state index is -0.677. The van der Waals surface area contributed by atoms with Gasteiger partial charge in [-0.15, -0.1) is 0 Å². The van der Waals surface area contributed by atoms with Gasteiger partial charge in [0, 0.05) is 43.5 Å². The fraction of sp³-hybridized carbons (Fsp3) is 0.500. The van der Waals surface area contributed by atoms with Crippen LogP contribution >= 0.6 is 0 Å². The summed E-state index contributed by atoms with van der Waals surface area (Å²) < 4.78 is 38.6. The molecule has 6 nitrogen and oxygen atoms in total. The number of aryl methyl sites for hydroxylation is 1. The van der Waals surface area contributed by atoms with E-state index in [-0.39, 0.29) is 29.4 Å². The SMILES string of the molecule is CCc1ccc(OCCC(C(O)C2CCN(c3ccc(F)cc3)CC2)C(O)C2CCN(c3ccc(F)cc3)CC2)c(OC)c1. The van der Waals surface area contributed by atoms with Crippen molar-refractivity contribution in [2.75, 3.05) is 49.7 Å². The van der Waals surface area contributed by atoms with E-state index in [1.165, 1.54) is 24.3 Å². The highest BCUT2D eigenvalue weighted by molar-refractivity contribution is 5.47. The van der Waals surface area contributed by atoms with Crippen molar-refractivity contribution in [3.63, 3.8) is 0 Å². The molecule has 2 aliphatic heterocycles. The van der Waals surface area contributed by atoms with Gasteiger partial charge in [-0.25, -0.2) is 8.78 Å². The summed E-state index contributed by atoms with van der Waals surface area (Å²) in [6.07, 6.45) is 3.21. The second-order valence-electron chi connectivity index (χ2n) is 12.2. The largest absolute Gasteiger partial charge is 0.493 e. The summed E-state index contributed by atoms with van der Waals surface area (Å²) in [5.74, 6) is 0.589. The molecule has 0 aliphatic carbocycles. The van der Waals surface area contributed by atoms with Crippen LogP contribution < -0.4 is 19.3 Å². The first kappa shape index (κ1) is 32.0. The Labute approximate surface area is 260 Å². The van der Waals surface area contributed by atoms with Gasteiger partial charge in [0.2, 0.25) is 0 Å². The molecular weight excluding hydrogens is 562 g/mol. The Hall–Kier alpha value is -3.36. The second-order valence-corrected chi connectivity index (χ2v) is 12.2. The predicted molar refractivity (Wildman–Crippen MR) is 171 cm³/mol. The molecule has 8 heteroatoms. The number of piperidine rings is 2. The van der Waals surface area contributed by atoms with E-state index in [1.54, 1.807) is 31.4 Å². The number of methoxy groups -OCH3 is 1. The number of ether oxygens (including phenoxy) is 2. The molecule has 44 heavy (non-hydrogen) atoms. The van der Waals surface area contributed by atoms with E-state index in [0.29, 0.717) is 24.5 Å². The topological polar surface area (TPSA) is 65.4 Å².